The number of benzene rings is 3. The molecule has 3 aromatic carbocycles. The summed E-state index contributed by atoms with van der Waals surface area (Å²) in [4.78, 5) is 29.4. The Labute approximate surface area is 198 Å². The second-order valence-corrected chi connectivity index (χ2v) is 9.28. The van der Waals surface area contributed by atoms with Gasteiger partial charge in [-0.3, -0.25) is 9.36 Å². The van der Waals surface area contributed by atoms with Gasteiger partial charge in [0.05, 0.1) is 0 Å². The second kappa shape index (κ2) is 12.2. The SMILES string of the molecule is CC(C=Cc1ccc(OCc2ccccc2)c(OCc2ccccc2)c1)OC(=O)CP(=O)(O)O. The number of carbonyl (C=O) groups excluding carboxylic acids is 1. The monoisotopic (exact) mass is 482 g/mol. The van der Waals surface area contributed by atoms with Gasteiger partial charge in [-0.15, -0.1) is 0 Å². The predicted molar refractivity (Wildman–Crippen MR) is 129 cm³/mol. The first kappa shape index (κ1) is 25.2. The van der Waals surface area contributed by atoms with Crippen molar-refractivity contribution >= 4 is 19.6 Å². The number of esters is 1. The van der Waals surface area contributed by atoms with Crippen LogP contribution in [0.25, 0.3) is 6.08 Å². The molecule has 0 aliphatic rings. The van der Waals surface area contributed by atoms with Gasteiger partial charge in [0.25, 0.3) is 0 Å². The van der Waals surface area contributed by atoms with E-state index in [-0.39, 0.29) is 0 Å². The predicted octanol–water partition coefficient (Wildman–Crippen LogP) is 4.97. The van der Waals surface area contributed by atoms with E-state index in [9.17, 15) is 9.36 Å². The molecule has 0 amide bonds. The highest BCUT2D eigenvalue weighted by Gasteiger charge is 2.21. The van der Waals surface area contributed by atoms with E-state index in [4.69, 9.17) is 24.0 Å². The molecule has 0 aromatic heterocycles. The Morgan fingerprint density at radius 1 is 0.882 bits per heavy atom. The Kier molecular flexibility index (Phi) is 9.05. The molecule has 1 atom stereocenters. The number of hydrogen-bond donors (Lipinski definition) is 2. The standard InChI is InChI=1S/C26H27O7P/c1-20(33-26(27)19-34(28,29)30)12-13-21-14-15-24(31-17-22-8-4-2-5-9-22)25(16-21)32-18-23-10-6-3-7-11-23/h2-16,20H,17-19H2,1H3,(H2,28,29,30). The largest absolute Gasteiger partial charge is 0.485 e. The quantitative estimate of drug-likeness (QED) is 0.294. The highest BCUT2D eigenvalue weighted by molar-refractivity contribution is 7.52. The first-order valence-electron chi connectivity index (χ1n) is 10.7. The van der Waals surface area contributed by atoms with Crippen molar-refractivity contribution in [2.24, 2.45) is 0 Å². The van der Waals surface area contributed by atoms with Crippen LogP contribution in [0.2, 0.25) is 0 Å². The topological polar surface area (TPSA) is 102 Å². The summed E-state index contributed by atoms with van der Waals surface area (Å²) < 4.78 is 28.0. The fourth-order valence-corrected chi connectivity index (χ4v) is 3.44. The Balaban J connectivity index is 1.71. The third-order valence-electron chi connectivity index (χ3n) is 4.65. The number of carbonyl (C=O) groups is 1. The Bertz CT molecular complexity index is 1140. The molecule has 3 rings (SSSR count). The van der Waals surface area contributed by atoms with E-state index in [1.54, 1.807) is 19.1 Å². The molecule has 0 saturated heterocycles. The molecule has 0 aliphatic heterocycles. The summed E-state index contributed by atoms with van der Waals surface area (Å²) >= 11 is 0. The molecule has 0 aliphatic carbocycles. The van der Waals surface area contributed by atoms with E-state index < -0.39 is 25.8 Å². The molecule has 34 heavy (non-hydrogen) atoms. The normalized spacial score (nSPS) is 12.3. The van der Waals surface area contributed by atoms with Crippen LogP contribution in [-0.2, 0) is 27.3 Å². The van der Waals surface area contributed by atoms with Gasteiger partial charge in [-0.1, -0.05) is 72.8 Å². The molecule has 1 unspecified atom stereocenters. The highest BCUT2D eigenvalue weighted by Crippen LogP contribution is 2.34. The zero-order valence-corrected chi connectivity index (χ0v) is 19.6. The van der Waals surface area contributed by atoms with Crippen LogP contribution in [0.15, 0.2) is 84.9 Å². The maximum atomic E-state index is 11.6. The minimum absolute atomic E-state index is 0.367. The highest BCUT2D eigenvalue weighted by atomic mass is 31.2. The Hall–Kier alpha value is -3.38. The van der Waals surface area contributed by atoms with Gasteiger partial charge in [0.15, 0.2) is 11.5 Å². The summed E-state index contributed by atoms with van der Waals surface area (Å²) in [5.41, 5.74) is 2.84. The maximum absolute atomic E-state index is 11.6. The van der Waals surface area contributed by atoms with E-state index in [2.05, 4.69) is 0 Å². The molecule has 0 fully saturated rings. The van der Waals surface area contributed by atoms with Gasteiger partial charge in [-0.05, 0) is 41.8 Å². The fourth-order valence-electron chi connectivity index (χ4n) is 3.03. The third-order valence-corrected chi connectivity index (χ3v) is 5.32. The third kappa shape index (κ3) is 8.87. The van der Waals surface area contributed by atoms with Crippen molar-refractivity contribution in [2.75, 3.05) is 6.16 Å². The molecule has 0 radical (unpaired) electrons. The molecule has 0 heterocycles. The fraction of sp³-hybridized carbons (Fsp3) is 0.192. The lowest BCUT2D eigenvalue weighted by Crippen LogP contribution is -2.16. The molecule has 0 saturated carbocycles. The maximum Gasteiger partial charge on any atom is 0.336 e. The summed E-state index contributed by atoms with van der Waals surface area (Å²) in [5.74, 6) is 0.202. The van der Waals surface area contributed by atoms with E-state index in [0.29, 0.717) is 24.7 Å². The summed E-state index contributed by atoms with van der Waals surface area (Å²) in [5, 5.41) is 0. The van der Waals surface area contributed by atoms with Crippen LogP contribution in [0, 0.1) is 0 Å². The van der Waals surface area contributed by atoms with Gasteiger partial charge >= 0.3 is 13.6 Å². The van der Waals surface area contributed by atoms with Crippen molar-refractivity contribution < 1.29 is 33.4 Å². The van der Waals surface area contributed by atoms with Crippen LogP contribution in [0.1, 0.15) is 23.6 Å². The second-order valence-electron chi connectivity index (χ2n) is 7.63. The van der Waals surface area contributed by atoms with E-state index in [1.807, 2.05) is 78.9 Å². The first-order valence-corrected chi connectivity index (χ1v) is 12.5. The van der Waals surface area contributed by atoms with Gasteiger partial charge in [0, 0.05) is 0 Å². The smallest absolute Gasteiger partial charge is 0.336 e. The zero-order valence-electron chi connectivity index (χ0n) is 18.7. The van der Waals surface area contributed by atoms with Crippen molar-refractivity contribution in [3.8, 4) is 11.5 Å². The molecule has 8 heteroatoms. The molecule has 2 N–H and O–H groups in total. The van der Waals surface area contributed by atoms with Crippen LogP contribution < -0.4 is 9.47 Å². The number of hydrogen-bond acceptors (Lipinski definition) is 5. The minimum atomic E-state index is -4.46. The van der Waals surface area contributed by atoms with E-state index in [0.717, 1.165) is 16.7 Å². The molecule has 178 valence electrons. The average molecular weight is 482 g/mol. The van der Waals surface area contributed by atoms with Crippen LogP contribution >= 0.6 is 7.60 Å². The molecular formula is C26H27O7P. The van der Waals surface area contributed by atoms with Gasteiger partial charge in [0.2, 0.25) is 0 Å². The number of rotatable bonds is 11. The summed E-state index contributed by atoms with van der Waals surface area (Å²) in [6.45, 7) is 2.37. The summed E-state index contributed by atoms with van der Waals surface area (Å²) in [6, 6.07) is 25.1. The minimum Gasteiger partial charge on any atom is -0.485 e. The van der Waals surface area contributed by atoms with Crippen molar-refractivity contribution in [1.29, 1.82) is 0 Å². The van der Waals surface area contributed by atoms with Crippen LogP contribution in [-0.4, -0.2) is 28.0 Å². The van der Waals surface area contributed by atoms with Gasteiger partial charge < -0.3 is 24.0 Å². The van der Waals surface area contributed by atoms with Gasteiger partial charge in [-0.2, -0.15) is 0 Å². The lowest BCUT2D eigenvalue weighted by atomic mass is 10.1. The van der Waals surface area contributed by atoms with Crippen molar-refractivity contribution in [3.63, 3.8) is 0 Å². The van der Waals surface area contributed by atoms with Crippen molar-refractivity contribution in [1.82, 2.24) is 0 Å². The molecule has 0 spiro atoms. The molecule has 3 aromatic rings. The molecule has 0 bridgehead atoms. The van der Waals surface area contributed by atoms with Gasteiger partial charge in [0.1, 0.15) is 25.5 Å². The number of ether oxygens (including phenoxy) is 3. The zero-order chi connectivity index (χ0) is 24.4. The molecule has 7 nitrogen and oxygen atoms in total. The van der Waals surface area contributed by atoms with E-state index in [1.165, 1.54) is 0 Å². The van der Waals surface area contributed by atoms with Crippen LogP contribution in [0.3, 0.4) is 0 Å². The lowest BCUT2D eigenvalue weighted by Gasteiger charge is -2.14. The van der Waals surface area contributed by atoms with Gasteiger partial charge in [-0.25, -0.2) is 0 Å². The molecular weight excluding hydrogens is 455 g/mol. The Morgan fingerprint density at radius 3 is 2.00 bits per heavy atom. The average Bonchev–Trinajstić information content (AvgIpc) is 2.80. The van der Waals surface area contributed by atoms with Crippen molar-refractivity contribution in [2.45, 2.75) is 26.2 Å². The Morgan fingerprint density at radius 2 is 1.44 bits per heavy atom. The lowest BCUT2D eigenvalue weighted by molar-refractivity contribution is -0.143. The van der Waals surface area contributed by atoms with Crippen LogP contribution in [0.5, 0.6) is 11.5 Å². The van der Waals surface area contributed by atoms with E-state index >= 15 is 0 Å². The summed E-state index contributed by atoms with van der Waals surface area (Å²) in [6.07, 6.45) is 1.75. The van der Waals surface area contributed by atoms with Crippen molar-refractivity contribution in [3.05, 3.63) is 102 Å². The summed E-state index contributed by atoms with van der Waals surface area (Å²) in [7, 11) is -4.46. The van der Waals surface area contributed by atoms with Crippen LogP contribution in [0.4, 0.5) is 0 Å². The first-order chi connectivity index (χ1) is 16.3.